The number of hydrogen-bond acceptors (Lipinski definition) is 2. The molecule has 0 aliphatic carbocycles. The van der Waals surface area contributed by atoms with Crippen molar-refractivity contribution in [3.63, 3.8) is 0 Å². The highest BCUT2D eigenvalue weighted by Crippen LogP contribution is 2.22. The molecule has 2 rings (SSSR count). The standard InChI is InChI=1S/C17H27NO/c1-4-14-8-10-15(11-9-14)16(5-2)18-13(3)17-7-6-12-19-17/h8-11,13,16-18H,4-7,12H2,1-3H3. The first-order chi connectivity index (χ1) is 9.24. The summed E-state index contributed by atoms with van der Waals surface area (Å²) in [6.07, 6.45) is 5.01. The Hall–Kier alpha value is -0.860. The lowest BCUT2D eigenvalue weighted by Gasteiger charge is -2.26. The molecule has 1 aliphatic heterocycles. The van der Waals surface area contributed by atoms with Crippen molar-refractivity contribution in [2.24, 2.45) is 0 Å². The number of rotatable bonds is 6. The first-order valence-corrected chi connectivity index (χ1v) is 7.71. The number of benzene rings is 1. The molecule has 0 aromatic heterocycles. The average Bonchev–Trinajstić information content (AvgIpc) is 2.99. The van der Waals surface area contributed by atoms with Gasteiger partial charge < -0.3 is 10.1 Å². The van der Waals surface area contributed by atoms with Crippen LogP contribution in [0, 0.1) is 0 Å². The van der Waals surface area contributed by atoms with Gasteiger partial charge >= 0.3 is 0 Å². The number of nitrogens with one attached hydrogen (secondary N) is 1. The lowest BCUT2D eigenvalue weighted by atomic mass is 10.00. The van der Waals surface area contributed by atoms with Gasteiger partial charge in [0.1, 0.15) is 0 Å². The van der Waals surface area contributed by atoms with E-state index in [4.69, 9.17) is 4.74 Å². The van der Waals surface area contributed by atoms with Crippen molar-refractivity contribution < 1.29 is 4.74 Å². The Labute approximate surface area is 117 Å². The van der Waals surface area contributed by atoms with Crippen LogP contribution in [-0.4, -0.2) is 18.8 Å². The first kappa shape index (κ1) is 14.5. The third-order valence-corrected chi connectivity index (χ3v) is 4.19. The second kappa shape index (κ2) is 7.06. The van der Waals surface area contributed by atoms with Crippen LogP contribution in [0.4, 0.5) is 0 Å². The van der Waals surface area contributed by atoms with E-state index in [1.54, 1.807) is 0 Å². The molecule has 2 nitrogen and oxygen atoms in total. The van der Waals surface area contributed by atoms with Crippen molar-refractivity contribution in [3.05, 3.63) is 35.4 Å². The minimum absolute atomic E-state index is 0.393. The fraction of sp³-hybridized carbons (Fsp3) is 0.647. The Kier molecular flexibility index (Phi) is 5.41. The van der Waals surface area contributed by atoms with Crippen LogP contribution in [0.1, 0.15) is 57.2 Å². The zero-order valence-electron chi connectivity index (χ0n) is 12.5. The van der Waals surface area contributed by atoms with Crippen molar-refractivity contribution >= 4 is 0 Å². The van der Waals surface area contributed by atoms with Gasteiger partial charge in [-0.05, 0) is 43.7 Å². The minimum Gasteiger partial charge on any atom is -0.377 e. The second-order valence-electron chi connectivity index (χ2n) is 5.56. The van der Waals surface area contributed by atoms with Crippen molar-refractivity contribution in [2.75, 3.05) is 6.61 Å². The van der Waals surface area contributed by atoms with Crippen molar-refractivity contribution in [2.45, 2.75) is 64.6 Å². The summed E-state index contributed by atoms with van der Waals surface area (Å²) in [5, 5.41) is 3.74. The van der Waals surface area contributed by atoms with Crippen molar-refractivity contribution in [1.82, 2.24) is 5.32 Å². The molecule has 1 aliphatic rings. The first-order valence-electron chi connectivity index (χ1n) is 7.71. The fourth-order valence-corrected chi connectivity index (χ4v) is 2.86. The molecule has 1 aromatic rings. The van der Waals surface area contributed by atoms with E-state index in [2.05, 4.69) is 50.4 Å². The van der Waals surface area contributed by atoms with Gasteiger partial charge in [-0.1, -0.05) is 38.1 Å². The summed E-state index contributed by atoms with van der Waals surface area (Å²) in [6.45, 7) is 7.62. The smallest absolute Gasteiger partial charge is 0.0726 e. The van der Waals surface area contributed by atoms with Crippen LogP contribution in [0.15, 0.2) is 24.3 Å². The highest BCUT2D eigenvalue weighted by molar-refractivity contribution is 5.25. The van der Waals surface area contributed by atoms with Crippen LogP contribution in [0.5, 0.6) is 0 Å². The Morgan fingerprint density at radius 3 is 2.53 bits per heavy atom. The third-order valence-electron chi connectivity index (χ3n) is 4.19. The molecule has 1 fully saturated rings. The van der Waals surface area contributed by atoms with Gasteiger partial charge in [0.25, 0.3) is 0 Å². The number of hydrogen-bond donors (Lipinski definition) is 1. The van der Waals surface area contributed by atoms with E-state index in [0.29, 0.717) is 18.2 Å². The van der Waals surface area contributed by atoms with Crippen LogP contribution in [0.3, 0.4) is 0 Å². The second-order valence-corrected chi connectivity index (χ2v) is 5.56. The Morgan fingerprint density at radius 1 is 1.26 bits per heavy atom. The van der Waals surface area contributed by atoms with Gasteiger partial charge in [-0.25, -0.2) is 0 Å². The molecule has 0 spiro atoms. The summed E-state index contributed by atoms with van der Waals surface area (Å²) >= 11 is 0. The summed E-state index contributed by atoms with van der Waals surface area (Å²) in [6, 6.07) is 9.89. The molecule has 3 atom stereocenters. The number of ether oxygens (including phenoxy) is 1. The van der Waals surface area contributed by atoms with E-state index in [9.17, 15) is 0 Å². The molecule has 0 amide bonds. The molecule has 1 saturated heterocycles. The van der Waals surface area contributed by atoms with Gasteiger partial charge in [0, 0.05) is 18.7 Å². The highest BCUT2D eigenvalue weighted by atomic mass is 16.5. The van der Waals surface area contributed by atoms with E-state index >= 15 is 0 Å². The van der Waals surface area contributed by atoms with Crippen molar-refractivity contribution in [1.29, 1.82) is 0 Å². The Balaban J connectivity index is 1.97. The molecule has 1 heterocycles. The van der Waals surface area contributed by atoms with Crippen LogP contribution in [0.2, 0.25) is 0 Å². The maximum absolute atomic E-state index is 5.77. The zero-order valence-corrected chi connectivity index (χ0v) is 12.5. The lowest BCUT2D eigenvalue weighted by Crippen LogP contribution is -2.39. The summed E-state index contributed by atoms with van der Waals surface area (Å²) in [4.78, 5) is 0. The van der Waals surface area contributed by atoms with Gasteiger partial charge in [-0.3, -0.25) is 0 Å². The Morgan fingerprint density at radius 2 is 2.00 bits per heavy atom. The van der Waals surface area contributed by atoms with Crippen LogP contribution in [0.25, 0.3) is 0 Å². The topological polar surface area (TPSA) is 21.3 Å². The van der Waals surface area contributed by atoms with E-state index in [-0.39, 0.29) is 0 Å². The van der Waals surface area contributed by atoms with Crippen LogP contribution in [-0.2, 0) is 11.2 Å². The maximum atomic E-state index is 5.77. The van der Waals surface area contributed by atoms with E-state index < -0.39 is 0 Å². The molecular weight excluding hydrogens is 234 g/mol. The molecule has 2 heteroatoms. The quantitative estimate of drug-likeness (QED) is 0.839. The van der Waals surface area contributed by atoms with Gasteiger partial charge in [0.05, 0.1) is 6.10 Å². The summed E-state index contributed by atoms with van der Waals surface area (Å²) < 4.78 is 5.77. The van der Waals surface area contributed by atoms with Gasteiger partial charge in [0.2, 0.25) is 0 Å². The molecule has 0 radical (unpaired) electrons. The predicted molar refractivity (Wildman–Crippen MR) is 80.4 cm³/mol. The fourth-order valence-electron chi connectivity index (χ4n) is 2.86. The van der Waals surface area contributed by atoms with Gasteiger partial charge in [-0.15, -0.1) is 0 Å². The minimum atomic E-state index is 0.393. The van der Waals surface area contributed by atoms with Crippen molar-refractivity contribution in [3.8, 4) is 0 Å². The molecule has 19 heavy (non-hydrogen) atoms. The SMILES string of the molecule is CCc1ccc(C(CC)NC(C)C2CCCO2)cc1. The van der Waals surface area contributed by atoms with Gasteiger partial charge in [0.15, 0.2) is 0 Å². The molecule has 3 unspecified atom stereocenters. The predicted octanol–water partition coefficient (Wildman–Crippen LogP) is 3.86. The molecule has 0 saturated carbocycles. The third kappa shape index (κ3) is 3.80. The summed E-state index contributed by atoms with van der Waals surface area (Å²) in [5.74, 6) is 0. The lowest BCUT2D eigenvalue weighted by molar-refractivity contribution is 0.0794. The summed E-state index contributed by atoms with van der Waals surface area (Å²) in [5.41, 5.74) is 2.80. The summed E-state index contributed by atoms with van der Waals surface area (Å²) in [7, 11) is 0. The molecule has 1 N–H and O–H groups in total. The molecule has 106 valence electrons. The highest BCUT2D eigenvalue weighted by Gasteiger charge is 2.24. The van der Waals surface area contributed by atoms with E-state index in [0.717, 1.165) is 19.4 Å². The monoisotopic (exact) mass is 261 g/mol. The molecule has 0 bridgehead atoms. The van der Waals surface area contributed by atoms with E-state index in [1.807, 2.05) is 0 Å². The van der Waals surface area contributed by atoms with Crippen LogP contribution >= 0.6 is 0 Å². The largest absolute Gasteiger partial charge is 0.377 e. The van der Waals surface area contributed by atoms with E-state index in [1.165, 1.54) is 24.0 Å². The Bertz CT molecular complexity index is 367. The zero-order chi connectivity index (χ0) is 13.7. The molecular formula is C17H27NO. The molecule has 1 aromatic carbocycles. The normalized spacial score (nSPS) is 22.4. The number of aryl methyl sites for hydroxylation is 1. The van der Waals surface area contributed by atoms with Crippen LogP contribution < -0.4 is 5.32 Å². The maximum Gasteiger partial charge on any atom is 0.0726 e. The van der Waals surface area contributed by atoms with Gasteiger partial charge in [-0.2, -0.15) is 0 Å². The average molecular weight is 261 g/mol.